The third kappa shape index (κ3) is 1.22. The first-order chi connectivity index (χ1) is 10.1. The van der Waals surface area contributed by atoms with Gasteiger partial charge in [0.1, 0.15) is 0 Å². The molecule has 0 amide bonds. The molecule has 4 bridgehead atoms. The lowest BCUT2D eigenvalue weighted by molar-refractivity contribution is -0.129. The number of ketones is 2. The average Bonchev–Trinajstić information content (AvgIpc) is 3.16. The minimum Gasteiger partial charge on any atom is -0.294 e. The zero-order valence-electron chi connectivity index (χ0n) is 12.6. The van der Waals surface area contributed by atoms with Gasteiger partial charge in [0.15, 0.2) is 11.6 Å². The van der Waals surface area contributed by atoms with Crippen LogP contribution in [0.5, 0.6) is 0 Å². The molecule has 0 aromatic heterocycles. The smallest absolute Gasteiger partial charge is 0.160 e. The number of hydrogen-bond acceptors (Lipinski definition) is 2. The predicted molar refractivity (Wildman–Crippen MR) is 79.3 cm³/mol. The number of allylic oxidation sites excluding steroid dienone is 6. The van der Waals surface area contributed by atoms with Crippen LogP contribution in [0.2, 0.25) is 0 Å². The van der Waals surface area contributed by atoms with E-state index in [9.17, 15) is 9.59 Å². The Morgan fingerprint density at radius 3 is 1.81 bits per heavy atom. The van der Waals surface area contributed by atoms with Crippen LogP contribution in [-0.2, 0) is 9.59 Å². The van der Waals surface area contributed by atoms with Crippen molar-refractivity contribution in [2.75, 3.05) is 0 Å². The second-order valence-electron chi connectivity index (χ2n) is 7.69. The number of hydrogen-bond donors (Lipinski definition) is 0. The van der Waals surface area contributed by atoms with E-state index < -0.39 is 0 Å². The van der Waals surface area contributed by atoms with Gasteiger partial charge >= 0.3 is 0 Å². The van der Waals surface area contributed by atoms with Gasteiger partial charge in [-0.15, -0.1) is 0 Å². The van der Waals surface area contributed by atoms with Crippen LogP contribution < -0.4 is 0 Å². The highest BCUT2D eigenvalue weighted by atomic mass is 16.1. The van der Waals surface area contributed by atoms with E-state index in [2.05, 4.69) is 13.8 Å². The van der Waals surface area contributed by atoms with Crippen LogP contribution in [0.15, 0.2) is 34.4 Å². The predicted octanol–water partition coefficient (Wildman–Crippen LogP) is 3.25. The van der Waals surface area contributed by atoms with Crippen LogP contribution in [0.3, 0.4) is 0 Å². The van der Waals surface area contributed by atoms with Crippen molar-refractivity contribution in [1.82, 2.24) is 0 Å². The van der Waals surface area contributed by atoms with Gasteiger partial charge in [0.2, 0.25) is 0 Å². The molecule has 108 valence electrons. The first-order valence-electron chi connectivity index (χ1n) is 8.26. The van der Waals surface area contributed by atoms with Gasteiger partial charge in [-0.2, -0.15) is 0 Å². The van der Waals surface area contributed by atoms with E-state index in [0.717, 1.165) is 6.42 Å². The van der Waals surface area contributed by atoms with Gasteiger partial charge in [-0.25, -0.2) is 0 Å². The summed E-state index contributed by atoms with van der Waals surface area (Å²) in [5.74, 6) is 2.34. The summed E-state index contributed by atoms with van der Waals surface area (Å²) in [7, 11) is 0. The van der Waals surface area contributed by atoms with Crippen molar-refractivity contribution < 1.29 is 9.59 Å². The van der Waals surface area contributed by atoms with Crippen molar-refractivity contribution in [2.24, 2.45) is 35.5 Å². The number of fused-ring (bicyclic) bond motifs is 11. The molecule has 5 rings (SSSR count). The minimum atomic E-state index is -0.0241. The maximum absolute atomic E-state index is 12.3. The Morgan fingerprint density at radius 2 is 1.38 bits per heavy atom. The van der Waals surface area contributed by atoms with Crippen molar-refractivity contribution in [3.8, 4) is 0 Å². The molecule has 5 aliphatic carbocycles. The zero-order valence-corrected chi connectivity index (χ0v) is 12.6. The molecule has 0 aliphatic heterocycles. The molecule has 0 saturated heterocycles. The van der Waals surface area contributed by atoms with E-state index in [4.69, 9.17) is 0 Å². The van der Waals surface area contributed by atoms with Crippen molar-refractivity contribution >= 4 is 11.6 Å². The molecule has 0 aromatic carbocycles. The molecule has 2 saturated carbocycles. The first-order valence-corrected chi connectivity index (χ1v) is 8.26. The van der Waals surface area contributed by atoms with Crippen molar-refractivity contribution in [3.63, 3.8) is 0 Å². The van der Waals surface area contributed by atoms with Crippen molar-refractivity contribution in [1.29, 1.82) is 0 Å². The minimum absolute atomic E-state index is 0.0241. The Hall–Kier alpha value is -1.44. The largest absolute Gasteiger partial charge is 0.294 e. The Morgan fingerprint density at radius 1 is 0.905 bits per heavy atom. The maximum Gasteiger partial charge on any atom is 0.160 e. The molecule has 6 atom stereocenters. The Kier molecular flexibility index (Phi) is 2.11. The number of carbonyl (C=O) groups excluding carboxylic acids is 2. The highest BCUT2D eigenvalue weighted by Crippen LogP contribution is 2.69. The summed E-state index contributed by atoms with van der Waals surface area (Å²) < 4.78 is 0. The number of carbonyl (C=O) groups is 2. The second-order valence-corrected chi connectivity index (χ2v) is 7.69. The lowest BCUT2D eigenvalue weighted by Crippen LogP contribution is -2.38. The summed E-state index contributed by atoms with van der Waals surface area (Å²) in [6, 6.07) is 0. The molecule has 0 N–H and O–H groups in total. The summed E-state index contributed by atoms with van der Waals surface area (Å²) in [5, 5.41) is 0. The van der Waals surface area contributed by atoms with E-state index >= 15 is 0 Å². The topological polar surface area (TPSA) is 34.1 Å². The molecule has 0 heterocycles. The lowest BCUT2D eigenvalue weighted by atomic mass is 9.67. The van der Waals surface area contributed by atoms with Gasteiger partial charge in [0.05, 0.1) is 0 Å². The van der Waals surface area contributed by atoms with Gasteiger partial charge in [-0.3, -0.25) is 9.59 Å². The molecule has 5 aliphatic rings. The molecular formula is C19H20O2. The van der Waals surface area contributed by atoms with Gasteiger partial charge in [0.25, 0.3) is 0 Å². The fourth-order valence-corrected chi connectivity index (χ4v) is 6.42. The fraction of sp³-hybridized carbons (Fsp3) is 0.579. The van der Waals surface area contributed by atoms with E-state index in [0.29, 0.717) is 23.7 Å². The fourth-order valence-electron chi connectivity index (χ4n) is 6.42. The van der Waals surface area contributed by atoms with Crippen LogP contribution in [0.4, 0.5) is 0 Å². The van der Waals surface area contributed by atoms with Crippen molar-refractivity contribution in [2.45, 2.75) is 33.1 Å². The lowest BCUT2D eigenvalue weighted by Gasteiger charge is -2.35. The highest BCUT2D eigenvalue weighted by molar-refractivity contribution is 6.08. The van der Waals surface area contributed by atoms with E-state index in [1.807, 2.05) is 0 Å². The zero-order chi connectivity index (χ0) is 14.5. The standard InChI is InChI=1S/C19H20O2/c1-8(2)15-9-3-4-10(15)17-12-7-11(16(9)17)18-13(20)5-6-14(21)19(12)18/h5-6,9-12,18-19H,3-4,7H2,1-2H3. The molecular weight excluding hydrogens is 260 g/mol. The van der Waals surface area contributed by atoms with Crippen LogP contribution in [0, 0.1) is 35.5 Å². The molecule has 0 radical (unpaired) electrons. The van der Waals surface area contributed by atoms with Crippen LogP contribution in [-0.4, -0.2) is 11.6 Å². The third-order valence-electron chi connectivity index (χ3n) is 6.79. The van der Waals surface area contributed by atoms with Gasteiger partial charge < -0.3 is 0 Å². The molecule has 2 fully saturated rings. The summed E-state index contributed by atoms with van der Waals surface area (Å²) in [6.45, 7) is 4.46. The maximum atomic E-state index is 12.3. The summed E-state index contributed by atoms with van der Waals surface area (Å²) in [5.41, 5.74) is 6.31. The average molecular weight is 280 g/mol. The molecule has 6 unspecified atom stereocenters. The normalized spacial score (nSPS) is 45.7. The molecule has 0 aromatic rings. The van der Waals surface area contributed by atoms with Gasteiger partial charge in [-0.05, 0) is 57.1 Å². The van der Waals surface area contributed by atoms with Gasteiger partial charge in [-0.1, -0.05) is 22.3 Å². The first kappa shape index (κ1) is 12.1. The third-order valence-corrected chi connectivity index (χ3v) is 6.79. The summed E-state index contributed by atoms with van der Waals surface area (Å²) >= 11 is 0. The van der Waals surface area contributed by atoms with E-state index in [-0.39, 0.29) is 23.4 Å². The molecule has 21 heavy (non-hydrogen) atoms. The van der Waals surface area contributed by atoms with Crippen LogP contribution in [0.1, 0.15) is 33.1 Å². The van der Waals surface area contributed by atoms with Crippen molar-refractivity contribution in [3.05, 3.63) is 34.4 Å². The SMILES string of the molecule is CC(C)=C1C2CCC1C1=C2C2CC1C1C(=O)C=CC(=O)C21. The number of rotatable bonds is 0. The highest BCUT2D eigenvalue weighted by Gasteiger charge is 2.63. The van der Waals surface area contributed by atoms with Crippen LogP contribution in [0.25, 0.3) is 0 Å². The van der Waals surface area contributed by atoms with E-state index in [1.54, 1.807) is 28.9 Å². The van der Waals surface area contributed by atoms with Crippen LogP contribution >= 0.6 is 0 Å². The Balaban J connectivity index is 1.67. The summed E-state index contributed by atoms with van der Waals surface area (Å²) in [6.07, 6.45) is 6.69. The molecule has 2 heteroatoms. The van der Waals surface area contributed by atoms with Gasteiger partial charge in [0, 0.05) is 23.7 Å². The molecule has 0 spiro atoms. The summed E-state index contributed by atoms with van der Waals surface area (Å²) in [4.78, 5) is 24.7. The monoisotopic (exact) mass is 280 g/mol. The molecule has 2 nitrogen and oxygen atoms in total. The Bertz CT molecular complexity index is 636. The Labute approximate surface area is 125 Å². The second kappa shape index (κ2) is 3.66. The van der Waals surface area contributed by atoms with E-state index in [1.165, 1.54) is 18.4 Å². The quantitative estimate of drug-likeness (QED) is 0.504.